The molecule has 2 amide bonds. The summed E-state index contributed by atoms with van der Waals surface area (Å²) in [5.41, 5.74) is 0. The standard InChI is InChI=1S/C13H24N2O5/c1-10-3-5-15(11(9-10)12(16)17)13(18)14-4-6-20-8-7-19-2/h10-11H,3-9H2,1-2H3,(H,14,18)(H,16,17). The maximum Gasteiger partial charge on any atom is 0.326 e. The van der Waals surface area contributed by atoms with Crippen molar-refractivity contribution in [3.8, 4) is 0 Å². The average Bonchev–Trinajstić information content (AvgIpc) is 2.42. The zero-order valence-electron chi connectivity index (χ0n) is 12.1. The first-order chi connectivity index (χ1) is 9.56. The Morgan fingerprint density at radius 1 is 1.35 bits per heavy atom. The fraction of sp³-hybridized carbons (Fsp3) is 0.846. The summed E-state index contributed by atoms with van der Waals surface area (Å²) < 4.78 is 10.1. The van der Waals surface area contributed by atoms with E-state index >= 15 is 0 Å². The third-order valence-electron chi connectivity index (χ3n) is 3.36. The number of carbonyl (C=O) groups is 2. The van der Waals surface area contributed by atoms with Crippen LogP contribution in [0.3, 0.4) is 0 Å². The number of piperidine rings is 1. The van der Waals surface area contributed by atoms with Gasteiger partial charge in [-0.1, -0.05) is 6.92 Å². The van der Waals surface area contributed by atoms with E-state index < -0.39 is 12.0 Å². The first-order valence-corrected chi connectivity index (χ1v) is 6.90. The van der Waals surface area contributed by atoms with Crippen molar-refractivity contribution >= 4 is 12.0 Å². The Bertz CT molecular complexity index is 324. The van der Waals surface area contributed by atoms with Crippen LogP contribution in [0.25, 0.3) is 0 Å². The number of ether oxygens (including phenoxy) is 2. The number of hydrogen-bond acceptors (Lipinski definition) is 4. The Morgan fingerprint density at radius 2 is 2.10 bits per heavy atom. The van der Waals surface area contributed by atoms with Crippen LogP contribution in [0.4, 0.5) is 4.79 Å². The second-order valence-electron chi connectivity index (χ2n) is 5.01. The van der Waals surface area contributed by atoms with Crippen LogP contribution in [0.1, 0.15) is 19.8 Å². The Kier molecular flexibility index (Phi) is 7.32. The number of aliphatic carboxylic acids is 1. The van der Waals surface area contributed by atoms with Crippen LogP contribution in [-0.2, 0) is 14.3 Å². The second kappa shape index (κ2) is 8.76. The quantitative estimate of drug-likeness (QED) is 0.668. The molecule has 1 saturated heterocycles. The summed E-state index contributed by atoms with van der Waals surface area (Å²) in [5.74, 6) is -0.611. The number of methoxy groups -OCH3 is 1. The molecule has 0 radical (unpaired) electrons. The van der Waals surface area contributed by atoms with Gasteiger partial charge in [0.2, 0.25) is 0 Å². The number of amides is 2. The molecule has 1 aliphatic heterocycles. The molecule has 1 heterocycles. The van der Waals surface area contributed by atoms with E-state index in [1.54, 1.807) is 7.11 Å². The Morgan fingerprint density at radius 3 is 2.75 bits per heavy atom. The lowest BCUT2D eigenvalue weighted by Crippen LogP contribution is -2.53. The van der Waals surface area contributed by atoms with Gasteiger partial charge < -0.3 is 24.8 Å². The van der Waals surface area contributed by atoms with E-state index in [1.807, 2.05) is 6.92 Å². The number of carboxylic acids is 1. The molecule has 2 unspecified atom stereocenters. The van der Waals surface area contributed by atoms with E-state index in [0.29, 0.717) is 45.2 Å². The Hall–Kier alpha value is -1.34. The molecule has 1 aliphatic rings. The maximum atomic E-state index is 12.0. The minimum atomic E-state index is -0.942. The number of carboxylic acid groups (broad SMARTS) is 1. The van der Waals surface area contributed by atoms with Crippen molar-refractivity contribution in [3.63, 3.8) is 0 Å². The highest BCUT2D eigenvalue weighted by molar-refractivity contribution is 5.82. The molecule has 116 valence electrons. The zero-order chi connectivity index (χ0) is 15.0. The highest BCUT2D eigenvalue weighted by atomic mass is 16.5. The molecular formula is C13H24N2O5. The number of rotatable bonds is 7. The number of nitrogens with one attached hydrogen (secondary N) is 1. The van der Waals surface area contributed by atoms with E-state index in [2.05, 4.69) is 5.32 Å². The van der Waals surface area contributed by atoms with Gasteiger partial charge in [-0.2, -0.15) is 0 Å². The molecule has 0 bridgehead atoms. The minimum absolute atomic E-state index is 0.331. The molecule has 0 aromatic rings. The molecule has 1 rings (SSSR count). The van der Waals surface area contributed by atoms with Crippen LogP contribution in [0.2, 0.25) is 0 Å². The van der Waals surface area contributed by atoms with Crippen LogP contribution >= 0.6 is 0 Å². The third kappa shape index (κ3) is 5.34. The van der Waals surface area contributed by atoms with Crippen molar-refractivity contribution < 1.29 is 24.2 Å². The normalized spacial score (nSPS) is 22.6. The average molecular weight is 288 g/mol. The largest absolute Gasteiger partial charge is 0.480 e. The molecular weight excluding hydrogens is 264 g/mol. The van der Waals surface area contributed by atoms with E-state index in [4.69, 9.17) is 9.47 Å². The lowest BCUT2D eigenvalue weighted by atomic mass is 9.93. The Labute approximate surface area is 119 Å². The zero-order valence-corrected chi connectivity index (χ0v) is 12.1. The van der Waals surface area contributed by atoms with Crippen molar-refractivity contribution in [1.82, 2.24) is 10.2 Å². The van der Waals surface area contributed by atoms with Gasteiger partial charge in [0.25, 0.3) is 0 Å². The maximum absolute atomic E-state index is 12.0. The molecule has 0 aromatic carbocycles. The lowest BCUT2D eigenvalue weighted by molar-refractivity contribution is -0.143. The summed E-state index contributed by atoms with van der Waals surface area (Å²) in [6.07, 6.45) is 1.34. The number of urea groups is 1. The molecule has 0 spiro atoms. The van der Waals surface area contributed by atoms with Gasteiger partial charge in [-0.3, -0.25) is 0 Å². The molecule has 0 aliphatic carbocycles. The predicted octanol–water partition coefficient (Wildman–Crippen LogP) is 0.544. The van der Waals surface area contributed by atoms with Crippen molar-refractivity contribution in [2.45, 2.75) is 25.8 Å². The smallest absolute Gasteiger partial charge is 0.326 e. The van der Waals surface area contributed by atoms with Crippen molar-refractivity contribution in [3.05, 3.63) is 0 Å². The van der Waals surface area contributed by atoms with Crippen LogP contribution in [0, 0.1) is 5.92 Å². The summed E-state index contributed by atoms with van der Waals surface area (Å²) >= 11 is 0. The monoisotopic (exact) mass is 288 g/mol. The van der Waals surface area contributed by atoms with Gasteiger partial charge in [-0.15, -0.1) is 0 Å². The highest BCUT2D eigenvalue weighted by Gasteiger charge is 2.34. The fourth-order valence-corrected chi connectivity index (χ4v) is 2.19. The van der Waals surface area contributed by atoms with Gasteiger partial charge in [0.15, 0.2) is 0 Å². The number of carbonyl (C=O) groups excluding carboxylic acids is 1. The van der Waals surface area contributed by atoms with Crippen LogP contribution in [0.15, 0.2) is 0 Å². The molecule has 7 nitrogen and oxygen atoms in total. The van der Waals surface area contributed by atoms with E-state index in [1.165, 1.54) is 4.90 Å². The summed E-state index contributed by atoms with van der Waals surface area (Å²) in [6, 6.07) is -1.06. The molecule has 20 heavy (non-hydrogen) atoms. The summed E-state index contributed by atoms with van der Waals surface area (Å²) in [6.45, 7) is 4.23. The topological polar surface area (TPSA) is 88.1 Å². The van der Waals surface area contributed by atoms with Crippen molar-refractivity contribution in [2.24, 2.45) is 5.92 Å². The number of hydrogen-bond donors (Lipinski definition) is 2. The number of likely N-dealkylation sites (tertiary alicyclic amines) is 1. The number of nitrogens with zero attached hydrogens (tertiary/aromatic N) is 1. The molecule has 7 heteroatoms. The van der Waals surface area contributed by atoms with Crippen molar-refractivity contribution in [1.29, 1.82) is 0 Å². The molecule has 1 fully saturated rings. The van der Waals surface area contributed by atoms with Gasteiger partial charge in [0.05, 0.1) is 19.8 Å². The molecule has 2 atom stereocenters. The summed E-state index contributed by atoms with van der Waals surface area (Å²) in [4.78, 5) is 24.6. The van der Waals surface area contributed by atoms with Crippen LogP contribution in [-0.4, -0.2) is 68.1 Å². The first-order valence-electron chi connectivity index (χ1n) is 6.90. The highest BCUT2D eigenvalue weighted by Crippen LogP contribution is 2.22. The minimum Gasteiger partial charge on any atom is -0.480 e. The van der Waals surface area contributed by atoms with Gasteiger partial charge in [-0.25, -0.2) is 9.59 Å². The molecule has 2 N–H and O–H groups in total. The van der Waals surface area contributed by atoms with Gasteiger partial charge >= 0.3 is 12.0 Å². The van der Waals surface area contributed by atoms with Crippen molar-refractivity contribution in [2.75, 3.05) is 40.0 Å². The molecule has 0 aromatic heterocycles. The van der Waals surface area contributed by atoms with E-state index in [-0.39, 0.29) is 6.03 Å². The van der Waals surface area contributed by atoms with Gasteiger partial charge in [0, 0.05) is 20.2 Å². The van der Waals surface area contributed by atoms with Crippen LogP contribution in [0.5, 0.6) is 0 Å². The lowest BCUT2D eigenvalue weighted by Gasteiger charge is -2.35. The predicted molar refractivity (Wildman–Crippen MR) is 72.6 cm³/mol. The first kappa shape index (κ1) is 16.7. The third-order valence-corrected chi connectivity index (χ3v) is 3.36. The van der Waals surface area contributed by atoms with E-state index in [9.17, 15) is 14.7 Å². The second-order valence-corrected chi connectivity index (χ2v) is 5.01. The van der Waals surface area contributed by atoms with Crippen LogP contribution < -0.4 is 5.32 Å². The summed E-state index contributed by atoms with van der Waals surface area (Å²) in [5, 5.41) is 11.9. The van der Waals surface area contributed by atoms with E-state index in [0.717, 1.165) is 6.42 Å². The summed E-state index contributed by atoms with van der Waals surface area (Å²) in [7, 11) is 1.59. The van der Waals surface area contributed by atoms with Gasteiger partial charge in [-0.05, 0) is 18.8 Å². The molecule has 0 saturated carbocycles. The SMILES string of the molecule is COCCOCCNC(=O)N1CCC(C)CC1C(=O)O. The van der Waals surface area contributed by atoms with Gasteiger partial charge in [0.1, 0.15) is 6.04 Å². The fourth-order valence-electron chi connectivity index (χ4n) is 2.19. The Balaban J connectivity index is 2.31.